The minimum atomic E-state index is -1.36. The summed E-state index contributed by atoms with van der Waals surface area (Å²) < 4.78 is 25.3. The minimum absolute atomic E-state index is 0.0347. The molecule has 1 saturated heterocycles. The predicted molar refractivity (Wildman–Crippen MR) is 148 cm³/mol. The van der Waals surface area contributed by atoms with Crippen molar-refractivity contribution in [2.24, 2.45) is 5.41 Å². The molecule has 38 heavy (non-hydrogen) atoms. The van der Waals surface area contributed by atoms with Crippen molar-refractivity contribution in [3.63, 3.8) is 0 Å². The van der Waals surface area contributed by atoms with Crippen molar-refractivity contribution >= 4 is 22.9 Å². The molecular weight excluding hydrogens is 504 g/mol. The molecule has 1 aliphatic carbocycles. The molecule has 2 aromatic carbocycles. The number of piperazine rings is 1. The number of benzene rings is 2. The summed E-state index contributed by atoms with van der Waals surface area (Å²) >= 11 is -1.36. The Hall–Kier alpha value is -3.09. The molecule has 0 bridgehead atoms. The van der Waals surface area contributed by atoms with E-state index in [1.54, 1.807) is 6.20 Å². The Morgan fingerprint density at radius 1 is 1.16 bits per heavy atom. The Morgan fingerprint density at radius 3 is 2.55 bits per heavy atom. The number of aliphatic hydroxyl groups excluding tert-OH is 1. The zero-order valence-corrected chi connectivity index (χ0v) is 22.3. The predicted octanol–water partition coefficient (Wildman–Crippen LogP) is 1.76. The molecule has 2 aliphatic rings. The van der Waals surface area contributed by atoms with E-state index < -0.39 is 11.5 Å². The third kappa shape index (κ3) is 5.82. The highest BCUT2D eigenvalue weighted by Crippen LogP contribution is 2.45. The summed E-state index contributed by atoms with van der Waals surface area (Å²) in [5.41, 5.74) is 9.36. The van der Waals surface area contributed by atoms with Crippen molar-refractivity contribution < 1.29 is 14.4 Å². The lowest BCUT2D eigenvalue weighted by Gasteiger charge is -2.35. The van der Waals surface area contributed by atoms with Gasteiger partial charge in [0.2, 0.25) is 5.75 Å². The maximum absolute atomic E-state index is 13.5. The van der Waals surface area contributed by atoms with E-state index in [2.05, 4.69) is 9.82 Å². The molecule has 2 fully saturated rings. The van der Waals surface area contributed by atoms with Crippen LogP contribution in [0.4, 0.5) is 11.4 Å². The van der Waals surface area contributed by atoms with Crippen LogP contribution >= 0.6 is 0 Å². The third-order valence-electron chi connectivity index (χ3n) is 7.29. The number of nitrogen functional groups attached to an aromatic ring is 1. The van der Waals surface area contributed by atoms with E-state index in [1.165, 1.54) is 4.68 Å². The van der Waals surface area contributed by atoms with Crippen LogP contribution in [0, 0.1) is 12.3 Å². The topological polar surface area (TPSA) is 132 Å². The number of anilines is 2. The van der Waals surface area contributed by atoms with E-state index in [9.17, 15) is 14.5 Å². The molecule has 2 heterocycles. The van der Waals surface area contributed by atoms with Crippen LogP contribution in [0.5, 0.6) is 5.75 Å². The summed E-state index contributed by atoms with van der Waals surface area (Å²) in [5, 5.41) is 14.2. The fourth-order valence-corrected chi connectivity index (χ4v) is 5.39. The fourth-order valence-electron chi connectivity index (χ4n) is 4.42. The molecule has 0 unspecified atom stereocenters. The number of aryl methyl sites for hydroxylation is 1. The van der Waals surface area contributed by atoms with Gasteiger partial charge in [0, 0.05) is 24.2 Å². The number of aliphatic hydroxyl groups is 1. The Kier molecular flexibility index (Phi) is 7.91. The first-order chi connectivity index (χ1) is 18.4. The van der Waals surface area contributed by atoms with Gasteiger partial charge in [0.15, 0.2) is 0 Å². The first-order valence-corrected chi connectivity index (χ1v) is 13.9. The van der Waals surface area contributed by atoms with E-state index in [1.807, 2.05) is 64.7 Å². The summed E-state index contributed by atoms with van der Waals surface area (Å²) in [6.45, 7) is 4.91. The molecule has 0 radical (unpaired) electrons. The first-order valence-electron chi connectivity index (χ1n) is 12.8. The lowest BCUT2D eigenvalue weighted by atomic mass is 10.1. The van der Waals surface area contributed by atoms with Gasteiger partial charge in [-0.1, -0.05) is 30.3 Å². The Labute approximate surface area is 225 Å². The van der Waals surface area contributed by atoms with Crippen molar-refractivity contribution in [2.45, 2.75) is 26.3 Å². The molecule has 1 saturated carbocycles. The molecule has 202 valence electrons. The van der Waals surface area contributed by atoms with E-state index in [-0.39, 0.29) is 29.9 Å². The molecule has 1 aliphatic heterocycles. The Morgan fingerprint density at radius 2 is 1.89 bits per heavy atom. The maximum Gasteiger partial charge on any atom is 0.316 e. The van der Waals surface area contributed by atoms with E-state index in [0.717, 1.165) is 29.7 Å². The number of nitrogens with one attached hydrogen (secondary N) is 1. The van der Waals surface area contributed by atoms with Crippen molar-refractivity contribution in [2.75, 3.05) is 50.0 Å². The monoisotopic (exact) mass is 538 g/mol. The number of hydrogen-bond donors (Lipinski definition) is 3. The van der Waals surface area contributed by atoms with Crippen LogP contribution in [-0.2, 0) is 18.1 Å². The van der Waals surface area contributed by atoms with Crippen molar-refractivity contribution in [1.29, 1.82) is 0 Å². The lowest BCUT2D eigenvalue weighted by Crippen LogP contribution is -2.52. The van der Waals surface area contributed by atoms with Gasteiger partial charge in [0.1, 0.15) is 17.2 Å². The largest absolute Gasteiger partial charge is 0.579 e. The second-order valence-electron chi connectivity index (χ2n) is 10.0. The van der Waals surface area contributed by atoms with Gasteiger partial charge in [-0.15, -0.1) is 9.03 Å². The summed E-state index contributed by atoms with van der Waals surface area (Å²) in [6, 6.07) is 15.1. The van der Waals surface area contributed by atoms with Gasteiger partial charge < -0.3 is 25.0 Å². The number of nitrogens with two attached hydrogens (primary N) is 1. The van der Waals surface area contributed by atoms with Crippen LogP contribution in [0.1, 0.15) is 24.0 Å². The molecule has 1 atom stereocenters. The van der Waals surface area contributed by atoms with Crippen LogP contribution in [0.2, 0.25) is 0 Å². The number of nitrogens with zero attached hydrogens (tertiary/aromatic N) is 4. The fraction of sp³-hybridized carbons (Fsp3) is 0.407. The van der Waals surface area contributed by atoms with Crippen LogP contribution < -0.4 is 25.7 Å². The molecule has 5 rings (SSSR count). The van der Waals surface area contributed by atoms with Gasteiger partial charge in [-0.05, 0) is 49.1 Å². The molecule has 0 spiro atoms. The lowest BCUT2D eigenvalue weighted by molar-refractivity contribution is 0.145. The SMILES string of the molecule is Cc1ccc(CN[S@@+]([O-])N2CCN(c3cnn(-c4ccccc4)c(=O)c3OCC3(CO)CC3)CC2)cc1N. The highest BCUT2D eigenvalue weighted by atomic mass is 32.2. The average Bonchev–Trinajstić information content (AvgIpc) is 3.73. The minimum Gasteiger partial charge on any atom is -0.579 e. The number of para-hydroxylation sites is 1. The molecule has 4 N–H and O–H groups in total. The highest BCUT2D eigenvalue weighted by Gasteiger charge is 2.43. The van der Waals surface area contributed by atoms with Gasteiger partial charge in [-0.3, -0.25) is 4.79 Å². The second-order valence-corrected chi connectivity index (χ2v) is 11.3. The number of rotatable bonds is 10. The standard InChI is InChI=1S/C27H34N6O4S/c1-20-7-8-21(15-23(20)28)16-30-38(36)32-13-11-31(12-14-32)24-17-29-33(22-5-3-2-4-6-22)26(35)25(24)37-19-27(18-34)9-10-27/h2-8,15,17,30,34H,9-14,16,18-19,28H2,1H3/t38-/m1/s1. The average molecular weight is 539 g/mol. The third-order valence-corrected chi connectivity index (χ3v) is 8.51. The van der Waals surface area contributed by atoms with Crippen molar-refractivity contribution in [3.8, 4) is 11.4 Å². The van der Waals surface area contributed by atoms with Gasteiger partial charge in [0.05, 0.1) is 44.7 Å². The van der Waals surface area contributed by atoms with Crippen LogP contribution in [0.3, 0.4) is 0 Å². The van der Waals surface area contributed by atoms with Gasteiger partial charge in [0.25, 0.3) is 0 Å². The first kappa shape index (κ1) is 26.5. The van der Waals surface area contributed by atoms with E-state index in [4.69, 9.17) is 10.5 Å². The molecule has 11 heteroatoms. The summed E-state index contributed by atoms with van der Waals surface area (Å²) in [5.74, 6) is 0.230. The van der Waals surface area contributed by atoms with Gasteiger partial charge in [-0.25, -0.2) is 0 Å². The molecule has 0 amide bonds. The van der Waals surface area contributed by atoms with E-state index in [0.29, 0.717) is 44.1 Å². The van der Waals surface area contributed by atoms with Crippen molar-refractivity contribution in [1.82, 2.24) is 18.8 Å². The number of hydrogen-bond acceptors (Lipinski definition) is 9. The summed E-state index contributed by atoms with van der Waals surface area (Å²) in [4.78, 5) is 15.6. The zero-order valence-electron chi connectivity index (χ0n) is 21.5. The summed E-state index contributed by atoms with van der Waals surface area (Å²) in [7, 11) is 0. The molecular formula is C27H34N6O4S. The molecule has 10 nitrogen and oxygen atoms in total. The van der Waals surface area contributed by atoms with Gasteiger partial charge in [-0.2, -0.15) is 9.78 Å². The normalized spacial score (nSPS) is 17.8. The molecule has 3 aromatic rings. The Balaban J connectivity index is 1.27. The smallest absolute Gasteiger partial charge is 0.316 e. The second kappa shape index (κ2) is 11.3. The van der Waals surface area contributed by atoms with Crippen LogP contribution in [0.15, 0.2) is 59.5 Å². The number of ether oxygens (including phenoxy) is 1. The van der Waals surface area contributed by atoms with Crippen LogP contribution in [-0.4, -0.2) is 63.1 Å². The summed E-state index contributed by atoms with van der Waals surface area (Å²) in [6.07, 6.45) is 3.42. The maximum atomic E-state index is 13.5. The van der Waals surface area contributed by atoms with Gasteiger partial charge >= 0.3 is 5.56 Å². The van der Waals surface area contributed by atoms with Crippen LogP contribution in [0.25, 0.3) is 5.69 Å². The van der Waals surface area contributed by atoms with Crippen molar-refractivity contribution in [3.05, 3.63) is 76.2 Å². The number of aromatic nitrogens is 2. The zero-order chi connectivity index (χ0) is 26.7. The van der Waals surface area contributed by atoms with E-state index >= 15 is 0 Å². The molecule has 1 aromatic heterocycles. The Bertz CT molecular complexity index is 1310. The highest BCUT2D eigenvalue weighted by molar-refractivity contribution is 7.87. The quantitative estimate of drug-likeness (QED) is 0.261.